The van der Waals surface area contributed by atoms with Crippen LogP contribution in [-0.4, -0.2) is 19.6 Å². The van der Waals surface area contributed by atoms with Crippen LogP contribution in [-0.2, 0) is 31.9 Å². The monoisotopic (exact) mass is 902 g/mol. The summed E-state index contributed by atoms with van der Waals surface area (Å²) in [5.74, 6) is 0.707. The first-order chi connectivity index (χ1) is 28.0. The maximum absolute atomic E-state index is 11.3. The van der Waals surface area contributed by atoms with Crippen LogP contribution in [0.5, 0.6) is 5.75 Å². The Labute approximate surface area is 345 Å². The summed E-state index contributed by atoms with van der Waals surface area (Å²) in [6, 6.07) is 39.8. The van der Waals surface area contributed by atoms with E-state index in [4.69, 9.17) is 16.8 Å². The van der Waals surface area contributed by atoms with Gasteiger partial charge in [-0.15, -0.1) is 29.3 Å². The summed E-state index contributed by atoms with van der Waals surface area (Å²) in [6.45, 7) is 13.1. The summed E-state index contributed by atoms with van der Waals surface area (Å²) in [5, 5.41) is 11.3. The molecule has 6 aromatic carbocycles. The molecule has 0 fully saturated rings. The molecular weight excluding hydrogens is 854 g/mol. The third-order valence-corrected chi connectivity index (χ3v) is 9.87. The summed E-state index contributed by atoms with van der Waals surface area (Å²) in [4.78, 5) is 10.1. The largest absolute Gasteiger partial charge is 0.507 e. The van der Waals surface area contributed by atoms with Gasteiger partial charge in [0.05, 0.1) is 29.1 Å². The van der Waals surface area contributed by atoms with Gasteiger partial charge in [0.25, 0.3) is 0 Å². The van der Waals surface area contributed by atoms with Gasteiger partial charge in [-0.1, -0.05) is 150 Å². The SMILES string of the molecule is [2H]c1c([2H])c([2H])c(-c2ccnc(-c3[c-]c(-c4cccc5c4nc(-c4ccccc4O)n5-c4ccc(C(C)(C)C)cc4-c4ccccc4)cc(C(C)(C)C)c3)c2)c([2H])c1[2H].[Pt]. The van der Waals surface area contributed by atoms with Gasteiger partial charge in [0.15, 0.2) is 0 Å². The normalized spacial score (nSPS) is 13.0. The summed E-state index contributed by atoms with van der Waals surface area (Å²) in [5.41, 5.74) is 10.4. The molecule has 4 nitrogen and oxygen atoms in total. The van der Waals surface area contributed by atoms with Gasteiger partial charge >= 0.3 is 0 Å². The van der Waals surface area contributed by atoms with Crippen molar-refractivity contribution in [2.75, 3.05) is 0 Å². The van der Waals surface area contributed by atoms with Crippen LogP contribution in [0.1, 0.15) is 59.5 Å². The van der Waals surface area contributed by atoms with Crippen molar-refractivity contribution in [2.24, 2.45) is 0 Å². The van der Waals surface area contributed by atoms with Crippen LogP contribution in [0.15, 0.2) is 152 Å². The van der Waals surface area contributed by atoms with Crippen molar-refractivity contribution < 1.29 is 33.0 Å². The molecule has 276 valence electrons. The van der Waals surface area contributed by atoms with E-state index in [0.29, 0.717) is 28.2 Å². The topological polar surface area (TPSA) is 50.9 Å². The first-order valence-electron chi connectivity index (χ1n) is 20.6. The quantitative estimate of drug-likeness (QED) is 0.169. The molecular formula is C50H44N3OPt-. The van der Waals surface area contributed by atoms with Crippen molar-refractivity contribution in [1.82, 2.24) is 14.5 Å². The summed E-state index contributed by atoms with van der Waals surface area (Å²) >= 11 is 0. The number of pyridine rings is 1. The minimum atomic E-state index is -0.436. The first-order valence-corrected chi connectivity index (χ1v) is 18.1. The van der Waals surface area contributed by atoms with E-state index in [-0.39, 0.29) is 67.4 Å². The number of benzene rings is 6. The molecule has 2 heterocycles. The number of hydrogen-bond donors (Lipinski definition) is 1. The van der Waals surface area contributed by atoms with E-state index in [1.807, 2.05) is 48.5 Å². The van der Waals surface area contributed by atoms with Gasteiger partial charge in [0.1, 0.15) is 11.6 Å². The molecule has 8 rings (SSSR count). The molecule has 8 aromatic rings. The van der Waals surface area contributed by atoms with Crippen molar-refractivity contribution in [2.45, 2.75) is 52.4 Å². The summed E-state index contributed by atoms with van der Waals surface area (Å²) in [7, 11) is 0. The fraction of sp³-hybridized carbons (Fsp3) is 0.160. The third-order valence-electron chi connectivity index (χ3n) is 9.87. The molecule has 1 N–H and O–H groups in total. The van der Waals surface area contributed by atoms with Crippen LogP contribution in [0.4, 0.5) is 0 Å². The molecule has 0 amide bonds. The van der Waals surface area contributed by atoms with Crippen LogP contribution in [0.2, 0.25) is 0 Å². The van der Waals surface area contributed by atoms with Crippen LogP contribution in [0, 0.1) is 6.07 Å². The van der Waals surface area contributed by atoms with E-state index in [0.717, 1.165) is 44.5 Å². The van der Waals surface area contributed by atoms with Gasteiger partial charge in [-0.25, -0.2) is 4.98 Å². The molecule has 0 saturated carbocycles. The zero-order valence-electron chi connectivity index (χ0n) is 36.7. The van der Waals surface area contributed by atoms with E-state index in [2.05, 4.69) is 94.6 Å². The summed E-state index contributed by atoms with van der Waals surface area (Å²) in [6.07, 6.45) is 1.60. The Balaban J connectivity index is 0.00000544. The number of nitrogens with zero attached hydrogens (tertiary/aromatic N) is 3. The molecule has 2 aromatic heterocycles. The zero-order valence-corrected chi connectivity index (χ0v) is 33.9. The minimum absolute atomic E-state index is 0. The van der Waals surface area contributed by atoms with E-state index < -0.39 is 6.04 Å². The predicted molar refractivity (Wildman–Crippen MR) is 224 cm³/mol. The molecule has 0 bridgehead atoms. The number of imidazole rings is 1. The number of aromatic nitrogens is 3. The molecule has 0 unspecified atom stereocenters. The van der Waals surface area contributed by atoms with Crippen LogP contribution in [0.3, 0.4) is 0 Å². The molecule has 0 aliphatic rings. The molecule has 0 spiro atoms. The third kappa shape index (κ3) is 7.44. The second-order valence-electron chi connectivity index (χ2n) is 15.7. The van der Waals surface area contributed by atoms with Crippen molar-refractivity contribution in [3.8, 4) is 67.5 Å². The van der Waals surface area contributed by atoms with Gasteiger partial charge in [0.2, 0.25) is 0 Å². The van der Waals surface area contributed by atoms with Gasteiger partial charge < -0.3 is 5.11 Å². The second-order valence-corrected chi connectivity index (χ2v) is 15.7. The Morgan fingerprint density at radius 3 is 2.04 bits per heavy atom. The van der Waals surface area contributed by atoms with E-state index in [9.17, 15) is 5.11 Å². The summed E-state index contributed by atoms with van der Waals surface area (Å²) < 4.78 is 44.0. The Morgan fingerprint density at radius 1 is 0.618 bits per heavy atom. The molecule has 0 aliphatic heterocycles. The Hall–Kier alpha value is -5.57. The number of phenolic OH excluding ortho intramolecular Hbond substituents is 1. The predicted octanol–water partition coefficient (Wildman–Crippen LogP) is 12.9. The Morgan fingerprint density at radius 2 is 1.31 bits per heavy atom. The maximum Gasteiger partial charge on any atom is 0.148 e. The van der Waals surface area contributed by atoms with E-state index >= 15 is 0 Å². The molecule has 0 atom stereocenters. The number of phenols is 1. The van der Waals surface area contributed by atoms with Crippen molar-refractivity contribution >= 4 is 11.0 Å². The van der Waals surface area contributed by atoms with Gasteiger partial charge in [-0.2, -0.15) is 0 Å². The number of aromatic hydroxyl groups is 1. The number of hydrogen-bond acceptors (Lipinski definition) is 3. The fourth-order valence-corrected chi connectivity index (χ4v) is 6.86. The molecule has 5 heteroatoms. The van der Waals surface area contributed by atoms with Crippen LogP contribution >= 0.6 is 0 Å². The number of rotatable bonds is 6. The first kappa shape index (κ1) is 31.7. The van der Waals surface area contributed by atoms with Crippen molar-refractivity contribution in [1.29, 1.82) is 0 Å². The molecule has 0 radical (unpaired) electrons. The van der Waals surface area contributed by atoms with Crippen LogP contribution in [0.25, 0.3) is 72.7 Å². The fourth-order valence-electron chi connectivity index (χ4n) is 6.86. The van der Waals surface area contributed by atoms with E-state index in [1.165, 1.54) is 5.56 Å². The molecule has 0 aliphatic carbocycles. The molecule has 0 saturated heterocycles. The molecule has 55 heavy (non-hydrogen) atoms. The smallest absolute Gasteiger partial charge is 0.148 e. The van der Waals surface area contributed by atoms with Gasteiger partial charge in [0, 0.05) is 38.5 Å². The average Bonchev–Trinajstić information content (AvgIpc) is 3.61. The second kappa shape index (κ2) is 14.9. The standard InChI is InChI=1S/C50H44N3O.Pt/c1-49(2,3)38-24-25-44(42(32-38)34-18-11-8-12-19-34)53-45-22-15-21-40(47(45)52-48(53)41-20-13-14-23-46(41)54)36-28-37(30-39(29-36)50(4,5)6)43-31-35(26-27-51-43)33-16-9-7-10-17-33;/h7-27,29-32,54H,1-6H3;/q-1;/i7D,9D,10D,16D,17D;. The Kier molecular flexibility index (Phi) is 8.62. The minimum Gasteiger partial charge on any atom is -0.507 e. The maximum atomic E-state index is 11.3. The van der Waals surface area contributed by atoms with Crippen molar-refractivity contribution in [3.05, 3.63) is 169 Å². The van der Waals surface area contributed by atoms with E-state index in [1.54, 1.807) is 30.5 Å². The number of fused-ring (bicyclic) bond motifs is 1. The van der Waals surface area contributed by atoms with Gasteiger partial charge in [-0.3, -0.25) is 9.55 Å². The Bertz CT molecular complexity index is 2900. The zero-order chi connectivity index (χ0) is 42.0. The van der Waals surface area contributed by atoms with Crippen LogP contribution < -0.4 is 0 Å². The average molecular weight is 903 g/mol. The van der Waals surface area contributed by atoms with Crippen molar-refractivity contribution in [3.63, 3.8) is 0 Å². The number of para-hydroxylation sites is 2. The van der Waals surface area contributed by atoms with Gasteiger partial charge in [-0.05, 0) is 69.5 Å².